The Morgan fingerprint density at radius 3 is 2.32 bits per heavy atom. The van der Waals surface area contributed by atoms with E-state index in [1.807, 2.05) is 15.6 Å². The molecule has 0 saturated carbocycles. The van der Waals surface area contributed by atoms with E-state index in [0.717, 1.165) is 70.2 Å². The Morgan fingerprint density at radius 1 is 1.03 bits per heavy atom. The third-order valence-corrected chi connectivity index (χ3v) is 7.46. The molecule has 0 aliphatic carbocycles. The summed E-state index contributed by atoms with van der Waals surface area (Å²) in [4.78, 5) is 29.9. The molecule has 2 fully saturated rings. The number of carbonyl (C=O) groups is 2. The highest BCUT2D eigenvalue weighted by Gasteiger charge is 2.28. The van der Waals surface area contributed by atoms with E-state index >= 15 is 0 Å². The Morgan fingerprint density at radius 2 is 1.68 bits per heavy atom. The van der Waals surface area contributed by atoms with Crippen molar-refractivity contribution >= 4 is 17.3 Å². The minimum Gasteiger partial charge on any atom is -0.342 e. The summed E-state index contributed by atoms with van der Waals surface area (Å²) in [7, 11) is 0. The van der Waals surface area contributed by atoms with Crippen LogP contribution >= 0.6 is 0 Å². The molecular weight excluding hydrogens is 388 g/mol. The summed E-state index contributed by atoms with van der Waals surface area (Å²) in [6.07, 6.45) is 9.62. The minimum atomic E-state index is 0.102. The van der Waals surface area contributed by atoms with E-state index in [1.165, 1.54) is 5.56 Å². The first kappa shape index (κ1) is 21.8. The van der Waals surface area contributed by atoms with Crippen LogP contribution in [0.25, 0.3) is 5.52 Å². The molecule has 168 valence electrons. The lowest BCUT2D eigenvalue weighted by Crippen LogP contribution is -2.41. The zero-order valence-electron chi connectivity index (χ0n) is 19.2. The lowest BCUT2D eigenvalue weighted by atomic mass is 9.88. The first-order valence-corrected chi connectivity index (χ1v) is 12.1. The molecule has 0 aromatic carbocycles. The second-order valence-corrected chi connectivity index (χ2v) is 9.44. The molecular formula is C25H36N4O2. The van der Waals surface area contributed by atoms with Gasteiger partial charge in [-0.1, -0.05) is 20.8 Å². The summed E-state index contributed by atoms with van der Waals surface area (Å²) in [5, 5.41) is 4.43. The van der Waals surface area contributed by atoms with Crippen LogP contribution in [0.5, 0.6) is 0 Å². The summed E-state index contributed by atoms with van der Waals surface area (Å²) in [6.45, 7) is 9.77. The van der Waals surface area contributed by atoms with Crippen molar-refractivity contribution in [2.45, 2.75) is 65.2 Å². The topological polar surface area (TPSA) is 57.9 Å². The van der Waals surface area contributed by atoms with Gasteiger partial charge in [0.1, 0.15) is 0 Å². The minimum absolute atomic E-state index is 0.102. The van der Waals surface area contributed by atoms with Crippen molar-refractivity contribution in [1.82, 2.24) is 19.4 Å². The number of hydrogen-bond acceptors (Lipinski definition) is 3. The number of carbonyl (C=O) groups excluding carboxylic acids is 2. The van der Waals surface area contributed by atoms with Crippen molar-refractivity contribution in [3.05, 3.63) is 35.7 Å². The van der Waals surface area contributed by atoms with Crippen molar-refractivity contribution in [2.75, 3.05) is 26.2 Å². The monoisotopic (exact) mass is 424 g/mol. The molecule has 0 spiro atoms. The maximum Gasteiger partial charge on any atom is 0.257 e. The van der Waals surface area contributed by atoms with E-state index in [-0.39, 0.29) is 11.8 Å². The van der Waals surface area contributed by atoms with Gasteiger partial charge >= 0.3 is 0 Å². The molecule has 6 nitrogen and oxygen atoms in total. The molecule has 4 rings (SSSR count). The van der Waals surface area contributed by atoms with Crippen molar-refractivity contribution in [1.29, 1.82) is 0 Å². The molecule has 0 radical (unpaired) electrons. The third-order valence-electron chi connectivity index (χ3n) is 7.46. The normalized spacial score (nSPS) is 18.8. The molecule has 2 amide bonds. The number of piperidine rings is 2. The predicted molar refractivity (Wildman–Crippen MR) is 122 cm³/mol. The van der Waals surface area contributed by atoms with Crippen LogP contribution in [0.15, 0.2) is 24.5 Å². The number of aromatic nitrogens is 2. The van der Waals surface area contributed by atoms with Crippen LogP contribution in [0.1, 0.15) is 81.1 Å². The molecule has 0 unspecified atom stereocenters. The van der Waals surface area contributed by atoms with Gasteiger partial charge in [-0.2, -0.15) is 5.10 Å². The van der Waals surface area contributed by atoms with E-state index in [2.05, 4.69) is 42.9 Å². The highest BCUT2D eigenvalue weighted by atomic mass is 16.2. The van der Waals surface area contributed by atoms with E-state index in [0.29, 0.717) is 23.3 Å². The van der Waals surface area contributed by atoms with Gasteiger partial charge in [-0.05, 0) is 68.1 Å². The number of fused-ring (bicyclic) bond motifs is 1. The number of likely N-dealkylation sites (tertiary alicyclic amines) is 2. The average Bonchev–Trinajstić information content (AvgIpc) is 3.23. The molecule has 2 aliphatic rings. The zero-order valence-corrected chi connectivity index (χ0v) is 19.2. The second-order valence-electron chi connectivity index (χ2n) is 9.44. The van der Waals surface area contributed by atoms with Crippen LogP contribution < -0.4 is 0 Å². The Labute approximate surface area is 185 Å². The van der Waals surface area contributed by atoms with E-state index in [1.54, 1.807) is 6.20 Å². The van der Waals surface area contributed by atoms with Gasteiger partial charge in [0, 0.05) is 38.3 Å². The second kappa shape index (κ2) is 9.41. The van der Waals surface area contributed by atoms with Gasteiger partial charge in [-0.3, -0.25) is 9.59 Å². The smallest absolute Gasteiger partial charge is 0.257 e. The summed E-state index contributed by atoms with van der Waals surface area (Å²) in [5.74, 6) is 1.70. The van der Waals surface area contributed by atoms with Gasteiger partial charge < -0.3 is 9.80 Å². The Bertz CT molecular complexity index is 917. The van der Waals surface area contributed by atoms with Gasteiger partial charge in [0.25, 0.3) is 5.91 Å². The highest BCUT2D eigenvalue weighted by molar-refractivity contribution is 6.00. The fraction of sp³-hybridized carbons (Fsp3) is 0.640. The SMILES string of the molecule is CCC(CC)C(=O)N1CCC(c2ccn3ncc(C(=O)N4CCC(C)CC4)c3c2)CC1. The fourth-order valence-corrected chi connectivity index (χ4v) is 5.13. The average molecular weight is 425 g/mol. The highest BCUT2D eigenvalue weighted by Crippen LogP contribution is 2.31. The lowest BCUT2D eigenvalue weighted by molar-refractivity contribution is -0.136. The number of amides is 2. The van der Waals surface area contributed by atoms with Gasteiger partial charge in [0.05, 0.1) is 17.3 Å². The Kier molecular flexibility index (Phi) is 6.63. The van der Waals surface area contributed by atoms with Crippen molar-refractivity contribution < 1.29 is 9.59 Å². The van der Waals surface area contributed by atoms with Crippen LogP contribution in [-0.4, -0.2) is 57.4 Å². The summed E-state index contributed by atoms with van der Waals surface area (Å²) >= 11 is 0. The first-order chi connectivity index (χ1) is 15.0. The largest absolute Gasteiger partial charge is 0.342 e. The number of rotatable bonds is 5. The van der Waals surface area contributed by atoms with Gasteiger partial charge in [0.15, 0.2) is 0 Å². The summed E-state index contributed by atoms with van der Waals surface area (Å²) in [5.41, 5.74) is 2.86. The maximum atomic E-state index is 13.1. The fourth-order valence-electron chi connectivity index (χ4n) is 5.13. The van der Waals surface area contributed by atoms with Crippen molar-refractivity contribution in [2.24, 2.45) is 11.8 Å². The first-order valence-electron chi connectivity index (χ1n) is 12.1. The van der Waals surface area contributed by atoms with Crippen LogP contribution in [0.3, 0.4) is 0 Å². The van der Waals surface area contributed by atoms with E-state index < -0.39 is 0 Å². The molecule has 0 N–H and O–H groups in total. The van der Waals surface area contributed by atoms with E-state index in [9.17, 15) is 9.59 Å². The summed E-state index contributed by atoms with van der Waals surface area (Å²) in [6, 6.07) is 4.27. The quantitative estimate of drug-likeness (QED) is 0.717. The van der Waals surface area contributed by atoms with Crippen molar-refractivity contribution in [3.8, 4) is 0 Å². The van der Waals surface area contributed by atoms with Crippen molar-refractivity contribution in [3.63, 3.8) is 0 Å². The molecule has 2 aliphatic heterocycles. The predicted octanol–water partition coefficient (Wildman–Crippen LogP) is 4.35. The molecule has 2 saturated heterocycles. The van der Waals surface area contributed by atoms with E-state index in [4.69, 9.17) is 0 Å². The Balaban J connectivity index is 1.47. The van der Waals surface area contributed by atoms with Crippen LogP contribution in [0.2, 0.25) is 0 Å². The lowest BCUT2D eigenvalue weighted by Gasteiger charge is -2.34. The van der Waals surface area contributed by atoms with Crippen LogP contribution in [-0.2, 0) is 4.79 Å². The molecule has 0 atom stereocenters. The van der Waals surface area contributed by atoms with Crippen LogP contribution in [0.4, 0.5) is 0 Å². The number of pyridine rings is 1. The van der Waals surface area contributed by atoms with Gasteiger partial charge in [-0.25, -0.2) is 4.52 Å². The molecule has 2 aromatic heterocycles. The zero-order chi connectivity index (χ0) is 22.0. The van der Waals surface area contributed by atoms with Gasteiger partial charge in [0.2, 0.25) is 5.91 Å². The standard InChI is InChI=1S/C25H36N4O2/c1-4-19(5-2)24(30)27-13-8-20(9-14-27)21-10-15-29-23(16-21)22(17-26-29)25(31)28-11-6-18(3)7-12-28/h10,15-20H,4-9,11-14H2,1-3H3. The maximum absolute atomic E-state index is 13.1. The number of hydrogen-bond donors (Lipinski definition) is 0. The van der Waals surface area contributed by atoms with Crippen LogP contribution in [0, 0.1) is 11.8 Å². The molecule has 2 aromatic rings. The third kappa shape index (κ3) is 4.48. The molecule has 31 heavy (non-hydrogen) atoms. The number of nitrogens with zero attached hydrogens (tertiary/aromatic N) is 4. The van der Waals surface area contributed by atoms with Gasteiger partial charge in [-0.15, -0.1) is 0 Å². The summed E-state index contributed by atoms with van der Waals surface area (Å²) < 4.78 is 1.81. The molecule has 6 heteroatoms. The molecule has 0 bridgehead atoms. The molecule has 4 heterocycles. The Hall–Kier alpha value is -2.37.